The molecule has 2 aromatic rings. The Hall–Kier alpha value is -1.92. The van der Waals surface area contributed by atoms with Gasteiger partial charge in [0.15, 0.2) is 0 Å². The molecule has 0 saturated heterocycles. The van der Waals surface area contributed by atoms with Gasteiger partial charge in [-0.05, 0) is 12.1 Å². The van der Waals surface area contributed by atoms with E-state index in [-0.39, 0.29) is 22.6 Å². The van der Waals surface area contributed by atoms with Gasteiger partial charge in [-0.25, -0.2) is 15.2 Å². The van der Waals surface area contributed by atoms with Gasteiger partial charge in [-0.2, -0.15) is 4.98 Å². The summed E-state index contributed by atoms with van der Waals surface area (Å²) < 4.78 is 18.3. The van der Waals surface area contributed by atoms with Crippen LogP contribution in [0.1, 0.15) is 0 Å². The van der Waals surface area contributed by atoms with Gasteiger partial charge in [-0.1, -0.05) is 17.7 Å². The summed E-state index contributed by atoms with van der Waals surface area (Å²) >= 11 is 5.83. The zero-order valence-electron chi connectivity index (χ0n) is 8.52. The Bertz CT molecular complexity index is 537. The van der Waals surface area contributed by atoms with Crippen LogP contribution < -0.4 is 16.0 Å². The van der Waals surface area contributed by atoms with Gasteiger partial charge in [0.2, 0.25) is 11.8 Å². The molecule has 1 aromatic carbocycles. The molecule has 1 heterocycles. The fourth-order valence-electron chi connectivity index (χ4n) is 1.13. The highest BCUT2D eigenvalue weighted by Crippen LogP contribution is 2.27. The van der Waals surface area contributed by atoms with Crippen LogP contribution in [0.2, 0.25) is 5.02 Å². The predicted octanol–water partition coefficient (Wildman–Crippen LogP) is 2.35. The predicted molar refractivity (Wildman–Crippen MR) is 61.3 cm³/mol. The molecule has 0 spiro atoms. The lowest BCUT2D eigenvalue weighted by molar-refractivity contribution is 0.458. The average molecular weight is 255 g/mol. The van der Waals surface area contributed by atoms with E-state index >= 15 is 0 Å². The standard InChI is InChI=1S/C10H8ClFN4O/c11-8-5-14-10(16-13)15-9(8)17-7-3-1-2-6(12)4-7/h1-5H,13H2,(H,14,15,16). The highest BCUT2D eigenvalue weighted by Gasteiger charge is 2.07. The summed E-state index contributed by atoms with van der Waals surface area (Å²) in [4.78, 5) is 7.68. The lowest BCUT2D eigenvalue weighted by Gasteiger charge is -2.07. The van der Waals surface area contributed by atoms with Crippen LogP contribution in [0.15, 0.2) is 30.5 Å². The summed E-state index contributed by atoms with van der Waals surface area (Å²) in [7, 11) is 0. The van der Waals surface area contributed by atoms with E-state index in [1.807, 2.05) is 0 Å². The molecule has 1 aromatic heterocycles. The van der Waals surface area contributed by atoms with Crippen molar-refractivity contribution in [2.45, 2.75) is 0 Å². The second-order valence-electron chi connectivity index (χ2n) is 3.05. The second kappa shape index (κ2) is 4.94. The molecule has 0 aliphatic rings. The first-order chi connectivity index (χ1) is 8.19. The van der Waals surface area contributed by atoms with Gasteiger partial charge in [0.05, 0.1) is 6.20 Å². The number of nitrogens with two attached hydrogens (primary N) is 1. The van der Waals surface area contributed by atoms with Crippen LogP contribution in [0, 0.1) is 5.82 Å². The van der Waals surface area contributed by atoms with Crippen LogP contribution >= 0.6 is 11.6 Å². The topological polar surface area (TPSA) is 73.1 Å². The first kappa shape index (κ1) is 11.6. The fraction of sp³-hybridized carbons (Fsp3) is 0. The highest BCUT2D eigenvalue weighted by molar-refractivity contribution is 6.31. The van der Waals surface area contributed by atoms with E-state index in [1.165, 1.54) is 24.4 Å². The van der Waals surface area contributed by atoms with Crippen molar-refractivity contribution in [1.82, 2.24) is 9.97 Å². The van der Waals surface area contributed by atoms with Gasteiger partial charge < -0.3 is 4.74 Å². The minimum atomic E-state index is -0.412. The second-order valence-corrected chi connectivity index (χ2v) is 3.46. The van der Waals surface area contributed by atoms with Crippen molar-refractivity contribution in [3.8, 4) is 11.6 Å². The molecule has 88 valence electrons. The van der Waals surface area contributed by atoms with E-state index in [2.05, 4.69) is 15.4 Å². The van der Waals surface area contributed by atoms with Crippen molar-refractivity contribution in [2.24, 2.45) is 5.84 Å². The first-order valence-corrected chi connectivity index (χ1v) is 4.99. The first-order valence-electron chi connectivity index (χ1n) is 4.61. The van der Waals surface area contributed by atoms with E-state index in [4.69, 9.17) is 22.2 Å². The molecule has 0 unspecified atom stereocenters. The van der Waals surface area contributed by atoms with Crippen LogP contribution in [0.4, 0.5) is 10.3 Å². The zero-order valence-corrected chi connectivity index (χ0v) is 9.28. The Kier molecular flexibility index (Phi) is 3.36. The van der Waals surface area contributed by atoms with E-state index < -0.39 is 5.82 Å². The molecule has 7 heteroatoms. The Morgan fingerprint density at radius 2 is 2.24 bits per heavy atom. The summed E-state index contributed by atoms with van der Waals surface area (Å²) in [5, 5.41) is 0.202. The maximum absolute atomic E-state index is 12.9. The smallest absolute Gasteiger partial charge is 0.243 e. The van der Waals surface area contributed by atoms with Crippen molar-refractivity contribution in [2.75, 3.05) is 5.43 Å². The van der Waals surface area contributed by atoms with Gasteiger partial charge in [0.1, 0.15) is 16.6 Å². The summed E-state index contributed by atoms with van der Waals surface area (Å²) in [5.41, 5.74) is 2.26. The van der Waals surface area contributed by atoms with Gasteiger partial charge in [-0.3, -0.25) is 5.43 Å². The molecule has 17 heavy (non-hydrogen) atoms. The molecule has 0 fully saturated rings. The molecule has 2 rings (SSSR count). The van der Waals surface area contributed by atoms with Crippen LogP contribution in [0.3, 0.4) is 0 Å². The average Bonchev–Trinajstić information content (AvgIpc) is 2.32. The number of rotatable bonds is 3. The van der Waals surface area contributed by atoms with Crippen LogP contribution in [-0.4, -0.2) is 9.97 Å². The molecule has 5 nitrogen and oxygen atoms in total. The number of nitrogens with zero attached hydrogens (tertiary/aromatic N) is 2. The Morgan fingerprint density at radius 1 is 1.41 bits per heavy atom. The number of nitrogen functional groups attached to an aromatic ring is 1. The number of ether oxygens (including phenoxy) is 1. The van der Waals surface area contributed by atoms with Crippen molar-refractivity contribution in [3.63, 3.8) is 0 Å². The van der Waals surface area contributed by atoms with Gasteiger partial charge in [-0.15, -0.1) is 0 Å². The van der Waals surface area contributed by atoms with E-state index in [9.17, 15) is 4.39 Å². The van der Waals surface area contributed by atoms with Gasteiger partial charge in [0.25, 0.3) is 0 Å². The highest BCUT2D eigenvalue weighted by atomic mass is 35.5. The van der Waals surface area contributed by atoms with Crippen LogP contribution in [0.5, 0.6) is 11.6 Å². The van der Waals surface area contributed by atoms with Crippen molar-refractivity contribution < 1.29 is 9.13 Å². The zero-order chi connectivity index (χ0) is 12.3. The maximum Gasteiger partial charge on any atom is 0.243 e. The van der Waals surface area contributed by atoms with E-state index in [0.29, 0.717) is 0 Å². The molecular formula is C10H8ClFN4O. The molecule has 0 saturated carbocycles. The molecular weight excluding hydrogens is 247 g/mol. The minimum Gasteiger partial charge on any atom is -0.437 e. The minimum absolute atomic E-state index is 0.0974. The summed E-state index contributed by atoms with van der Waals surface area (Å²) in [6.07, 6.45) is 1.33. The normalized spacial score (nSPS) is 10.1. The number of hydrogen-bond acceptors (Lipinski definition) is 5. The van der Waals surface area contributed by atoms with Crippen LogP contribution in [0.25, 0.3) is 0 Å². The Morgan fingerprint density at radius 3 is 2.94 bits per heavy atom. The number of halogens is 2. The molecule has 3 N–H and O–H groups in total. The number of hydrogen-bond donors (Lipinski definition) is 2. The largest absolute Gasteiger partial charge is 0.437 e. The summed E-state index contributed by atoms with van der Waals surface area (Å²) in [6.45, 7) is 0. The quantitative estimate of drug-likeness (QED) is 0.650. The van der Waals surface area contributed by atoms with Crippen LogP contribution in [-0.2, 0) is 0 Å². The SMILES string of the molecule is NNc1ncc(Cl)c(Oc2cccc(F)c2)n1. The molecule has 0 bridgehead atoms. The maximum atomic E-state index is 12.9. The van der Waals surface area contributed by atoms with E-state index in [0.717, 1.165) is 0 Å². The number of aromatic nitrogens is 2. The van der Waals surface area contributed by atoms with Gasteiger partial charge >= 0.3 is 0 Å². The molecule has 0 aliphatic carbocycles. The Labute approximate surface area is 101 Å². The van der Waals surface area contributed by atoms with Gasteiger partial charge in [0, 0.05) is 6.07 Å². The lowest BCUT2D eigenvalue weighted by Crippen LogP contribution is -2.10. The lowest BCUT2D eigenvalue weighted by atomic mass is 10.3. The van der Waals surface area contributed by atoms with Crippen molar-refractivity contribution in [1.29, 1.82) is 0 Å². The fourth-order valence-corrected chi connectivity index (χ4v) is 1.26. The Balaban J connectivity index is 2.29. The number of benzene rings is 1. The number of anilines is 1. The number of hydrazine groups is 1. The molecule has 0 amide bonds. The van der Waals surface area contributed by atoms with Crippen molar-refractivity contribution >= 4 is 17.5 Å². The third-order valence-corrected chi connectivity index (χ3v) is 2.11. The van der Waals surface area contributed by atoms with E-state index in [1.54, 1.807) is 6.07 Å². The molecule has 0 radical (unpaired) electrons. The third kappa shape index (κ3) is 2.80. The third-order valence-electron chi connectivity index (χ3n) is 1.85. The summed E-state index contributed by atoms with van der Waals surface area (Å²) in [6, 6.07) is 5.62. The summed E-state index contributed by atoms with van der Waals surface area (Å²) in [5.74, 6) is 5.28. The number of nitrogens with one attached hydrogen (secondary N) is 1. The molecule has 0 aliphatic heterocycles. The van der Waals surface area contributed by atoms with Crippen molar-refractivity contribution in [3.05, 3.63) is 41.3 Å². The molecule has 0 atom stereocenters. The monoisotopic (exact) mass is 254 g/mol.